The summed E-state index contributed by atoms with van der Waals surface area (Å²) >= 11 is 7.65. The maximum absolute atomic E-state index is 5.99. The first-order valence-corrected chi connectivity index (χ1v) is 8.25. The molecule has 7 heteroatoms. The Morgan fingerprint density at radius 3 is 3.05 bits per heavy atom. The van der Waals surface area contributed by atoms with Crippen molar-refractivity contribution >= 4 is 22.9 Å². The molecular formula is C14H19ClN4OS. The van der Waals surface area contributed by atoms with Gasteiger partial charge in [-0.25, -0.2) is 0 Å². The Bertz CT molecular complexity index is 599. The molecule has 3 heterocycles. The van der Waals surface area contributed by atoms with Crippen LogP contribution in [0.25, 0.3) is 0 Å². The summed E-state index contributed by atoms with van der Waals surface area (Å²) in [5.74, 6) is 1.39. The van der Waals surface area contributed by atoms with Crippen LogP contribution < -0.4 is 0 Å². The van der Waals surface area contributed by atoms with E-state index in [1.54, 1.807) is 11.3 Å². The number of aromatic nitrogens is 2. The fraction of sp³-hybridized carbons (Fsp3) is 0.571. The zero-order chi connectivity index (χ0) is 14.8. The van der Waals surface area contributed by atoms with Gasteiger partial charge in [0.25, 0.3) is 0 Å². The van der Waals surface area contributed by atoms with Gasteiger partial charge >= 0.3 is 0 Å². The maximum atomic E-state index is 5.99. The Labute approximate surface area is 133 Å². The van der Waals surface area contributed by atoms with Gasteiger partial charge in [-0.1, -0.05) is 16.8 Å². The number of thiophene rings is 1. The molecule has 2 aromatic rings. The molecule has 0 spiro atoms. The van der Waals surface area contributed by atoms with Gasteiger partial charge < -0.3 is 4.52 Å². The lowest BCUT2D eigenvalue weighted by Crippen LogP contribution is -2.34. The molecule has 0 bridgehead atoms. The average Bonchev–Trinajstić information content (AvgIpc) is 3.13. The Hall–Kier alpha value is -0.950. The standard InChI is InChI=1S/C14H19ClN4OS/c1-10-16-14(17-20-10)9-18(2)11-5-6-19(7-11)8-12-3-4-13(15)21-12/h3-4,11H,5-9H2,1-2H3/t11-/m0/s1. The van der Waals surface area contributed by atoms with E-state index in [-0.39, 0.29) is 0 Å². The number of aryl methyl sites for hydroxylation is 1. The highest BCUT2D eigenvalue weighted by atomic mass is 35.5. The van der Waals surface area contributed by atoms with E-state index in [1.807, 2.05) is 13.0 Å². The number of hydrogen-bond acceptors (Lipinski definition) is 6. The lowest BCUT2D eigenvalue weighted by Gasteiger charge is -2.23. The summed E-state index contributed by atoms with van der Waals surface area (Å²) in [5.41, 5.74) is 0. The van der Waals surface area contributed by atoms with Crippen molar-refractivity contribution < 1.29 is 4.52 Å². The van der Waals surface area contributed by atoms with Crippen LogP contribution in [0.5, 0.6) is 0 Å². The summed E-state index contributed by atoms with van der Waals surface area (Å²) in [6.45, 7) is 5.74. The highest BCUT2D eigenvalue weighted by Gasteiger charge is 2.26. The monoisotopic (exact) mass is 326 g/mol. The van der Waals surface area contributed by atoms with Gasteiger partial charge in [0.2, 0.25) is 5.89 Å². The fourth-order valence-corrected chi connectivity index (χ4v) is 3.86. The van der Waals surface area contributed by atoms with Crippen LogP contribution in [-0.4, -0.2) is 46.1 Å². The highest BCUT2D eigenvalue weighted by Crippen LogP contribution is 2.25. The summed E-state index contributed by atoms with van der Waals surface area (Å²) in [5, 5.41) is 3.96. The molecule has 0 unspecified atom stereocenters. The van der Waals surface area contributed by atoms with Gasteiger partial charge in [0.05, 0.1) is 10.9 Å². The van der Waals surface area contributed by atoms with E-state index in [0.717, 1.165) is 36.3 Å². The van der Waals surface area contributed by atoms with E-state index in [0.29, 0.717) is 11.9 Å². The van der Waals surface area contributed by atoms with Crippen molar-refractivity contribution in [3.63, 3.8) is 0 Å². The predicted molar refractivity (Wildman–Crippen MR) is 83.5 cm³/mol. The molecule has 0 radical (unpaired) electrons. The molecule has 0 aliphatic carbocycles. The predicted octanol–water partition coefficient (Wildman–Crippen LogP) is 2.80. The van der Waals surface area contributed by atoms with Gasteiger partial charge in [0.1, 0.15) is 0 Å². The fourth-order valence-electron chi connectivity index (χ4n) is 2.73. The Morgan fingerprint density at radius 1 is 1.52 bits per heavy atom. The molecule has 3 rings (SSSR count). The molecule has 1 aliphatic heterocycles. The van der Waals surface area contributed by atoms with Crippen molar-refractivity contribution in [2.75, 3.05) is 20.1 Å². The van der Waals surface area contributed by atoms with Crippen molar-refractivity contribution in [3.8, 4) is 0 Å². The van der Waals surface area contributed by atoms with Crippen molar-refractivity contribution in [2.45, 2.75) is 32.5 Å². The molecule has 114 valence electrons. The summed E-state index contributed by atoms with van der Waals surface area (Å²) in [6.07, 6.45) is 1.17. The van der Waals surface area contributed by atoms with Crippen molar-refractivity contribution in [1.29, 1.82) is 0 Å². The SMILES string of the molecule is Cc1nc(CN(C)[C@H]2CCN(Cc3ccc(Cl)s3)C2)no1. The lowest BCUT2D eigenvalue weighted by atomic mass is 10.2. The van der Waals surface area contributed by atoms with Crippen LogP contribution in [0.4, 0.5) is 0 Å². The highest BCUT2D eigenvalue weighted by molar-refractivity contribution is 7.16. The molecule has 1 aliphatic rings. The second-order valence-corrected chi connectivity index (χ2v) is 7.33. The smallest absolute Gasteiger partial charge is 0.223 e. The quantitative estimate of drug-likeness (QED) is 0.845. The van der Waals surface area contributed by atoms with Crippen molar-refractivity contribution in [3.05, 3.63) is 33.1 Å². The summed E-state index contributed by atoms with van der Waals surface area (Å²) in [6, 6.07) is 4.63. The molecule has 1 atom stereocenters. The van der Waals surface area contributed by atoms with Crippen molar-refractivity contribution in [2.24, 2.45) is 0 Å². The number of hydrogen-bond donors (Lipinski definition) is 0. The minimum absolute atomic E-state index is 0.541. The van der Waals surface area contributed by atoms with E-state index >= 15 is 0 Å². The van der Waals surface area contributed by atoms with Crippen LogP contribution in [0.3, 0.4) is 0 Å². The minimum atomic E-state index is 0.541. The van der Waals surface area contributed by atoms with E-state index in [9.17, 15) is 0 Å². The van der Waals surface area contributed by atoms with Gasteiger partial charge in [0.15, 0.2) is 5.82 Å². The van der Waals surface area contributed by atoms with Gasteiger partial charge in [0, 0.05) is 37.5 Å². The molecule has 1 saturated heterocycles. The van der Waals surface area contributed by atoms with Crippen LogP contribution in [0, 0.1) is 6.92 Å². The van der Waals surface area contributed by atoms with E-state index in [4.69, 9.17) is 16.1 Å². The minimum Gasteiger partial charge on any atom is -0.340 e. The van der Waals surface area contributed by atoms with Gasteiger partial charge in [-0.15, -0.1) is 11.3 Å². The number of likely N-dealkylation sites (N-methyl/N-ethyl adjacent to an activating group) is 1. The van der Waals surface area contributed by atoms with Gasteiger partial charge in [-0.3, -0.25) is 9.80 Å². The van der Waals surface area contributed by atoms with Crippen LogP contribution in [0.2, 0.25) is 4.34 Å². The first kappa shape index (κ1) is 15.0. The zero-order valence-corrected chi connectivity index (χ0v) is 13.8. The number of nitrogens with zero attached hydrogens (tertiary/aromatic N) is 4. The second-order valence-electron chi connectivity index (χ2n) is 5.53. The third-order valence-electron chi connectivity index (χ3n) is 3.84. The largest absolute Gasteiger partial charge is 0.340 e. The molecule has 0 N–H and O–H groups in total. The molecule has 2 aromatic heterocycles. The van der Waals surface area contributed by atoms with Crippen molar-refractivity contribution in [1.82, 2.24) is 19.9 Å². The Morgan fingerprint density at radius 2 is 2.38 bits per heavy atom. The summed E-state index contributed by atoms with van der Waals surface area (Å²) in [4.78, 5) is 10.4. The summed E-state index contributed by atoms with van der Waals surface area (Å²) in [7, 11) is 2.13. The van der Waals surface area contributed by atoms with Crippen LogP contribution >= 0.6 is 22.9 Å². The first-order chi connectivity index (χ1) is 10.1. The number of halogens is 1. The third-order valence-corrected chi connectivity index (χ3v) is 5.06. The van der Waals surface area contributed by atoms with Gasteiger partial charge in [-0.2, -0.15) is 4.98 Å². The van der Waals surface area contributed by atoms with E-state index < -0.39 is 0 Å². The summed E-state index contributed by atoms with van der Waals surface area (Å²) < 4.78 is 5.89. The molecule has 0 aromatic carbocycles. The zero-order valence-electron chi connectivity index (χ0n) is 12.3. The number of rotatable bonds is 5. The number of likely N-dealkylation sites (tertiary alicyclic amines) is 1. The first-order valence-electron chi connectivity index (χ1n) is 7.06. The second kappa shape index (κ2) is 6.44. The van der Waals surface area contributed by atoms with Gasteiger partial charge in [-0.05, 0) is 25.6 Å². The van der Waals surface area contributed by atoms with Crippen LogP contribution in [0.15, 0.2) is 16.7 Å². The molecule has 21 heavy (non-hydrogen) atoms. The molecular weight excluding hydrogens is 308 g/mol. The molecule has 1 fully saturated rings. The topological polar surface area (TPSA) is 45.4 Å². The third kappa shape index (κ3) is 3.83. The van der Waals surface area contributed by atoms with Crippen LogP contribution in [-0.2, 0) is 13.1 Å². The average molecular weight is 327 g/mol. The molecule has 0 saturated carbocycles. The molecule has 0 amide bonds. The normalized spacial score (nSPS) is 19.7. The van der Waals surface area contributed by atoms with E-state index in [2.05, 4.69) is 33.1 Å². The van der Waals surface area contributed by atoms with Crippen LogP contribution in [0.1, 0.15) is 23.0 Å². The molecule has 5 nitrogen and oxygen atoms in total. The Kier molecular flexibility index (Phi) is 4.59. The maximum Gasteiger partial charge on any atom is 0.223 e. The van der Waals surface area contributed by atoms with E-state index in [1.165, 1.54) is 11.3 Å². The Balaban J connectivity index is 1.51. The lowest BCUT2D eigenvalue weighted by molar-refractivity contribution is 0.216.